The molecule has 0 bridgehead atoms. The summed E-state index contributed by atoms with van der Waals surface area (Å²) in [4.78, 5) is 4.24. The van der Waals surface area contributed by atoms with Crippen molar-refractivity contribution < 1.29 is 8.78 Å². The summed E-state index contributed by atoms with van der Waals surface area (Å²) < 4.78 is 26.8. The molecule has 2 aromatic rings. The quantitative estimate of drug-likeness (QED) is 0.900. The molecule has 19 heavy (non-hydrogen) atoms. The average molecular weight is 282 g/mol. The summed E-state index contributed by atoms with van der Waals surface area (Å²) in [7, 11) is 0. The number of rotatable bonds is 5. The van der Waals surface area contributed by atoms with Gasteiger partial charge in [-0.05, 0) is 13.0 Å². The molecule has 0 aliphatic heterocycles. The summed E-state index contributed by atoms with van der Waals surface area (Å²) in [6.45, 7) is 4.55. The first-order chi connectivity index (χ1) is 9.09. The highest BCUT2D eigenvalue weighted by atomic mass is 32.1. The zero-order valence-electron chi connectivity index (χ0n) is 10.9. The van der Waals surface area contributed by atoms with Crippen molar-refractivity contribution in [1.29, 1.82) is 0 Å². The molecule has 2 nitrogen and oxygen atoms in total. The molecule has 5 heteroatoms. The topological polar surface area (TPSA) is 24.9 Å². The van der Waals surface area contributed by atoms with Crippen LogP contribution in [0.3, 0.4) is 0 Å². The first kappa shape index (κ1) is 14.1. The Morgan fingerprint density at radius 1 is 1.32 bits per heavy atom. The fourth-order valence-electron chi connectivity index (χ4n) is 1.88. The Kier molecular flexibility index (Phi) is 4.61. The van der Waals surface area contributed by atoms with Crippen LogP contribution < -0.4 is 5.32 Å². The van der Waals surface area contributed by atoms with Gasteiger partial charge in [0.25, 0.3) is 0 Å². The molecule has 0 spiro atoms. The van der Waals surface area contributed by atoms with Crippen LogP contribution in [0.1, 0.15) is 36.4 Å². The summed E-state index contributed by atoms with van der Waals surface area (Å²) in [5.74, 6) is -1.33. The first-order valence-corrected chi connectivity index (χ1v) is 7.04. The van der Waals surface area contributed by atoms with E-state index in [0.29, 0.717) is 12.1 Å². The monoisotopic (exact) mass is 282 g/mol. The van der Waals surface area contributed by atoms with Crippen LogP contribution in [0.5, 0.6) is 0 Å². The summed E-state index contributed by atoms with van der Waals surface area (Å²) in [5.41, 5.74) is 0.353. The molecule has 102 valence electrons. The van der Waals surface area contributed by atoms with Gasteiger partial charge in [0.15, 0.2) is 11.6 Å². The summed E-state index contributed by atoms with van der Waals surface area (Å²) in [6, 6.07) is 4.02. The van der Waals surface area contributed by atoms with E-state index < -0.39 is 11.6 Å². The Balaban J connectivity index is 1.98. The normalized spacial score (nSPS) is 14.3. The zero-order valence-corrected chi connectivity index (χ0v) is 11.7. The molecule has 0 aliphatic rings. The molecule has 1 aromatic carbocycles. The summed E-state index contributed by atoms with van der Waals surface area (Å²) >= 11 is 1.60. The Labute approximate surface area is 115 Å². The van der Waals surface area contributed by atoms with Crippen LogP contribution in [-0.2, 0) is 0 Å². The first-order valence-electron chi connectivity index (χ1n) is 6.16. The molecule has 2 rings (SSSR count). The van der Waals surface area contributed by atoms with Gasteiger partial charge < -0.3 is 5.32 Å². The Morgan fingerprint density at radius 3 is 2.79 bits per heavy atom. The van der Waals surface area contributed by atoms with Crippen LogP contribution in [0.2, 0.25) is 0 Å². The van der Waals surface area contributed by atoms with Crippen molar-refractivity contribution in [2.75, 3.05) is 6.54 Å². The second-order valence-corrected chi connectivity index (χ2v) is 5.47. The third-order valence-electron chi connectivity index (χ3n) is 3.05. The van der Waals surface area contributed by atoms with Crippen molar-refractivity contribution in [3.63, 3.8) is 0 Å². The summed E-state index contributed by atoms with van der Waals surface area (Å²) in [6.07, 6.45) is 1.77. The fraction of sp³-hybridized carbons (Fsp3) is 0.357. The molecule has 2 atom stereocenters. The minimum Gasteiger partial charge on any atom is -0.309 e. The van der Waals surface area contributed by atoms with E-state index in [9.17, 15) is 8.78 Å². The number of hydrogen-bond acceptors (Lipinski definition) is 3. The van der Waals surface area contributed by atoms with Gasteiger partial charge in [-0.1, -0.05) is 19.1 Å². The van der Waals surface area contributed by atoms with Crippen molar-refractivity contribution in [2.45, 2.75) is 25.8 Å². The predicted molar refractivity (Wildman–Crippen MR) is 73.3 cm³/mol. The number of nitrogens with one attached hydrogen (secondary N) is 1. The highest BCUT2D eigenvalue weighted by Gasteiger charge is 2.15. The molecule has 0 radical (unpaired) electrons. The lowest BCUT2D eigenvalue weighted by molar-refractivity contribution is 0.466. The molecule has 0 saturated carbocycles. The van der Waals surface area contributed by atoms with Crippen LogP contribution in [0, 0.1) is 11.6 Å². The van der Waals surface area contributed by atoms with Gasteiger partial charge in [0.2, 0.25) is 0 Å². The van der Waals surface area contributed by atoms with E-state index in [1.807, 2.05) is 12.3 Å². The number of aromatic nitrogens is 1. The molecule has 0 fully saturated rings. The van der Waals surface area contributed by atoms with E-state index in [-0.39, 0.29) is 12.0 Å². The number of benzene rings is 1. The Morgan fingerprint density at radius 2 is 2.11 bits per heavy atom. The van der Waals surface area contributed by atoms with E-state index in [4.69, 9.17) is 0 Å². The van der Waals surface area contributed by atoms with Gasteiger partial charge in [0, 0.05) is 35.6 Å². The van der Waals surface area contributed by atoms with Crippen LogP contribution in [-0.4, -0.2) is 11.5 Å². The maximum absolute atomic E-state index is 13.6. The van der Waals surface area contributed by atoms with Gasteiger partial charge in [0.1, 0.15) is 0 Å². The summed E-state index contributed by atoms with van der Waals surface area (Å²) in [5, 5.41) is 6.19. The third-order valence-corrected chi connectivity index (χ3v) is 4.06. The second-order valence-electron chi connectivity index (χ2n) is 4.54. The predicted octanol–water partition coefficient (Wildman–Crippen LogP) is 3.88. The molecule has 0 saturated heterocycles. The van der Waals surface area contributed by atoms with Gasteiger partial charge in [-0.2, -0.15) is 0 Å². The minimum atomic E-state index is -0.806. The average Bonchev–Trinajstić information content (AvgIpc) is 2.93. The SMILES string of the molecule is CC(CNC(C)c1cccc(F)c1F)c1nccs1. The van der Waals surface area contributed by atoms with Crippen molar-refractivity contribution in [3.05, 3.63) is 52.0 Å². The van der Waals surface area contributed by atoms with Gasteiger partial charge in [-0.25, -0.2) is 13.8 Å². The molecule has 1 N–H and O–H groups in total. The minimum absolute atomic E-state index is 0.238. The molecule has 0 aliphatic carbocycles. The number of hydrogen-bond donors (Lipinski definition) is 1. The lowest BCUT2D eigenvalue weighted by atomic mass is 10.1. The maximum atomic E-state index is 13.6. The maximum Gasteiger partial charge on any atom is 0.163 e. The van der Waals surface area contributed by atoms with E-state index in [1.54, 1.807) is 23.6 Å². The van der Waals surface area contributed by atoms with E-state index in [0.717, 1.165) is 11.1 Å². The smallest absolute Gasteiger partial charge is 0.163 e. The van der Waals surface area contributed by atoms with Crippen LogP contribution in [0.15, 0.2) is 29.8 Å². The third kappa shape index (κ3) is 3.36. The highest BCUT2D eigenvalue weighted by molar-refractivity contribution is 7.09. The van der Waals surface area contributed by atoms with Crippen LogP contribution >= 0.6 is 11.3 Å². The Bertz CT molecular complexity index is 528. The van der Waals surface area contributed by atoms with Crippen molar-refractivity contribution in [3.8, 4) is 0 Å². The molecule has 1 aromatic heterocycles. The van der Waals surface area contributed by atoms with Crippen molar-refractivity contribution in [1.82, 2.24) is 10.3 Å². The van der Waals surface area contributed by atoms with Gasteiger partial charge in [-0.15, -0.1) is 11.3 Å². The zero-order chi connectivity index (χ0) is 13.8. The van der Waals surface area contributed by atoms with Gasteiger partial charge in [-0.3, -0.25) is 0 Å². The van der Waals surface area contributed by atoms with Crippen molar-refractivity contribution >= 4 is 11.3 Å². The Hall–Kier alpha value is -1.33. The van der Waals surface area contributed by atoms with Gasteiger partial charge >= 0.3 is 0 Å². The molecule has 1 heterocycles. The highest BCUT2D eigenvalue weighted by Crippen LogP contribution is 2.21. The lowest BCUT2D eigenvalue weighted by Crippen LogP contribution is -2.24. The molecular formula is C14H16F2N2S. The van der Waals surface area contributed by atoms with Gasteiger partial charge in [0.05, 0.1) is 5.01 Å². The number of nitrogens with zero attached hydrogens (tertiary/aromatic N) is 1. The standard InChI is InChI=1S/C14H16F2N2S/c1-9(14-17-6-7-19-14)8-18-10(2)11-4-3-5-12(15)13(11)16/h3-7,9-10,18H,8H2,1-2H3. The molecule has 2 unspecified atom stereocenters. The van der Waals surface area contributed by atoms with Crippen LogP contribution in [0.25, 0.3) is 0 Å². The molecular weight excluding hydrogens is 266 g/mol. The van der Waals surface area contributed by atoms with Crippen LogP contribution in [0.4, 0.5) is 8.78 Å². The van der Waals surface area contributed by atoms with Crippen molar-refractivity contribution in [2.24, 2.45) is 0 Å². The largest absolute Gasteiger partial charge is 0.309 e. The molecule has 0 amide bonds. The van der Waals surface area contributed by atoms with E-state index >= 15 is 0 Å². The fourth-order valence-corrected chi connectivity index (χ4v) is 2.58. The number of thiazole rings is 1. The van der Waals surface area contributed by atoms with E-state index in [1.165, 1.54) is 6.07 Å². The number of halogens is 2. The van der Waals surface area contributed by atoms with E-state index in [2.05, 4.69) is 17.2 Å². The second kappa shape index (κ2) is 6.21. The lowest BCUT2D eigenvalue weighted by Gasteiger charge is -2.17.